The number of carboxylic acid groups (broad SMARTS) is 1. The molecule has 2 aromatic rings. The fourth-order valence-corrected chi connectivity index (χ4v) is 1.18. The number of benzene rings is 2. The third kappa shape index (κ3) is 12.8. The van der Waals surface area contributed by atoms with E-state index in [1.54, 1.807) is 0 Å². The number of aliphatic carboxylic acids is 1. The van der Waals surface area contributed by atoms with Gasteiger partial charge in [-0.15, -0.1) is 0 Å². The maximum Gasteiger partial charge on any atom is 0.0666 e. The second-order valence-corrected chi connectivity index (χ2v) is 4.30. The van der Waals surface area contributed by atoms with Crippen molar-refractivity contribution in [2.45, 2.75) is 6.92 Å². The first kappa shape index (κ1) is 22.6. The molecule has 0 heterocycles. The Bertz CT molecular complexity index is 534. The zero-order valence-corrected chi connectivity index (χ0v) is 14.4. The Morgan fingerprint density at radius 3 is 1.26 bits per heavy atom. The third-order valence-corrected chi connectivity index (χ3v) is 2.42. The summed E-state index contributed by atoms with van der Waals surface area (Å²) in [6, 6.07) is 20.1. The second-order valence-electron chi connectivity index (χ2n) is 4.30. The van der Waals surface area contributed by atoms with E-state index in [0.29, 0.717) is 0 Å². The molecule has 4 radical (unpaired) electrons. The largest absolute Gasteiger partial charge is 0.545 e. The minimum absolute atomic E-state index is 0. The van der Waals surface area contributed by atoms with Crippen LogP contribution in [0.5, 0.6) is 0 Å². The van der Waals surface area contributed by atoms with E-state index in [0.717, 1.165) is 0 Å². The topological polar surface area (TPSA) is 40.1 Å². The van der Waals surface area contributed by atoms with Crippen molar-refractivity contribution in [1.82, 2.24) is 0 Å². The molecular weight excluding hydrogens is 300 g/mol. The lowest BCUT2D eigenvalue weighted by Gasteiger charge is -1.93. The van der Waals surface area contributed by atoms with Crippen LogP contribution in [-0.4, -0.2) is 16.9 Å². The molecule has 0 spiro atoms. The predicted octanol–water partition coefficient (Wildman–Crippen LogP) is 3.59. The first-order chi connectivity index (χ1) is 10.5. The zero-order valence-electron chi connectivity index (χ0n) is 13.4. The van der Waals surface area contributed by atoms with Crippen LogP contribution in [0, 0.1) is 0 Å². The molecule has 0 fully saturated rings. The molecule has 0 aliphatic rings. The van der Waals surface area contributed by atoms with Crippen LogP contribution >= 0.6 is 0 Å². The van der Waals surface area contributed by atoms with Gasteiger partial charge in [-0.3, -0.25) is 0 Å². The molecule has 2 rings (SSSR count). The van der Waals surface area contributed by atoms with Crippen LogP contribution in [0.2, 0.25) is 0 Å². The van der Waals surface area contributed by atoms with Crippen LogP contribution in [0.3, 0.4) is 0 Å². The summed E-state index contributed by atoms with van der Waals surface area (Å²) < 4.78 is 0. The monoisotopic (exact) mass is 321 g/mol. The molecule has 118 valence electrons. The highest BCUT2D eigenvalue weighted by molar-refractivity contribution is 5.82. The van der Waals surface area contributed by atoms with Gasteiger partial charge in [0, 0.05) is 11.0 Å². The van der Waals surface area contributed by atoms with E-state index < -0.39 is 5.97 Å². The normalized spacial score (nSPS) is 7.87. The molecule has 0 bridgehead atoms. The third-order valence-electron chi connectivity index (χ3n) is 2.42. The lowest BCUT2D eigenvalue weighted by molar-refractivity contribution is -0.299. The van der Waals surface area contributed by atoms with E-state index in [1.165, 1.54) is 18.1 Å². The van der Waals surface area contributed by atoms with E-state index in [2.05, 4.69) is 19.7 Å². The minimum Gasteiger partial charge on any atom is -0.545 e. The van der Waals surface area contributed by atoms with Gasteiger partial charge in [0.1, 0.15) is 0 Å². The maximum absolute atomic E-state index is 9.49. The van der Waals surface area contributed by atoms with Crippen molar-refractivity contribution in [3.05, 3.63) is 97.1 Å². The minimum atomic E-state index is -1.19. The predicted molar refractivity (Wildman–Crippen MR) is 98.6 cm³/mol. The Kier molecular flexibility index (Phi) is 14.1. The fourth-order valence-electron chi connectivity index (χ4n) is 1.18. The van der Waals surface area contributed by atoms with Crippen molar-refractivity contribution in [2.24, 2.45) is 0 Å². The molecule has 3 heteroatoms. The van der Waals surface area contributed by atoms with E-state index >= 15 is 0 Å². The number of hydrogen-bond donors (Lipinski definition) is 0. The first-order valence-electron chi connectivity index (χ1n) is 6.73. The molecule has 0 aliphatic heterocycles. The van der Waals surface area contributed by atoms with Crippen molar-refractivity contribution >= 4 is 29.1 Å². The van der Waals surface area contributed by atoms with Gasteiger partial charge in [0.15, 0.2) is 0 Å². The van der Waals surface area contributed by atoms with Crippen molar-refractivity contribution in [3.8, 4) is 0 Å². The Balaban J connectivity index is 0. The number of carbonyl (C=O) groups is 1. The summed E-state index contributed by atoms with van der Waals surface area (Å²) in [5.74, 6) is -1.19. The zero-order chi connectivity index (χ0) is 16.8. The SMILES string of the molecule is C=C(C)C(=O)[O-].C=Cc1ccccc1.C=Cc1ccccc1.[Si]. The summed E-state index contributed by atoms with van der Waals surface area (Å²) in [4.78, 5) is 9.49. The molecule has 2 aromatic carbocycles. The lowest BCUT2D eigenvalue weighted by atomic mass is 10.2. The van der Waals surface area contributed by atoms with Gasteiger partial charge < -0.3 is 9.90 Å². The average Bonchev–Trinajstić information content (AvgIpc) is 2.57. The van der Waals surface area contributed by atoms with Gasteiger partial charge in [-0.2, -0.15) is 0 Å². The highest BCUT2D eigenvalue weighted by Crippen LogP contribution is 1.98. The van der Waals surface area contributed by atoms with Crippen LogP contribution in [-0.2, 0) is 4.79 Å². The van der Waals surface area contributed by atoms with Crippen molar-refractivity contribution in [3.63, 3.8) is 0 Å². The summed E-state index contributed by atoms with van der Waals surface area (Å²) in [7, 11) is 0. The second kappa shape index (κ2) is 14.3. The highest BCUT2D eigenvalue weighted by Gasteiger charge is 1.77. The molecule has 0 saturated carbocycles. The molecule has 0 atom stereocenters. The van der Waals surface area contributed by atoms with Gasteiger partial charge in [0.2, 0.25) is 0 Å². The number of rotatable bonds is 3. The van der Waals surface area contributed by atoms with Crippen LogP contribution < -0.4 is 5.11 Å². The average molecular weight is 321 g/mol. The van der Waals surface area contributed by atoms with Crippen molar-refractivity contribution in [1.29, 1.82) is 0 Å². The number of carboxylic acids is 1. The van der Waals surface area contributed by atoms with Gasteiger partial charge in [0.25, 0.3) is 0 Å². The lowest BCUT2D eigenvalue weighted by Crippen LogP contribution is -2.22. The van der Waals surface area contributed by atoms with Crippen LogP contribution in [0.1, 0.15) is 18.1 Å². The van der Waals surface area contributed by atoms with Gasteiger partial charge in [-0.1, -0.05) is 92.6 Å². The van der Waals surface area contributed by atoms with Crippen LogP contribution in [0.25, 0.3) is 12.2 Å². The van der Waals surface area contributed by atoms with Gasteiger partial charge in [-0.05, 0) is 23.6 Å². The Labute approximate surface area is 143 Å². The van der Waals surface area contributed by atoms with E-state index in [1.807, 2.05) is 72.8 Å². The Morgan fingerprint density at radius 2 is 1.13 bits per heavy atom. The number of hydrogen-bond acceptors (Lipinski definition) is 2. The molecule has 2 nitrogen and oxygen atoms in total. The number of carbonyl (C=O) groups excluding carboxylic acids is 1. The maximum atomic E-state index is 9.49. The molecule has 0 aliphatic carbocycles. The standard InChI is InChI=1S/2C8H8.C4H6O2.Si/c2*1-2-8-6-4-3-5-7-8;1-3(2)4(5)6;/h2*2-7H,1H2;1H2,2H3,(H,5,6);/p-1. The highest BCUT2D eigenvalue weighted by atomic mass is 28.1. The van der Waals surface area contributed by atoms with E-state index in [9.17, 15) is 9.90 Å². The summed E-state index contributed by atoms with van der Waals surface area (Å²) in [6.45, 7) is 11.7. The van der Waals surface area contributed by atoms with Crippen molar-refractivity contribution in [2.75, 3.05) is 0 Å². The molecule has 0 amide bonds. The van der Waals surface area contributed by atoms with E-state index in [4.69, 9.17) is 0 Å². The molecular formula is C20H21O2Si-. The summed E-state index contributed by atoms with van der Waals surface area (Å²) in [5, 5.41) is 9.49. The molecule has 0 saturated heterocycles. The Morgan fingerprint density at radius 1 is 0.870 bits per heavy atom. The van der Waals surface area contributed by atoms with Crippen LogP contribution in [0.4, 0.5) is 0 Å². The smallest absolute Gasteiger partial charge is 0.0666 e. The Hall–Kier alpha value is -2.65. The molecule has 0 unspecified atom stereocenters. The summed E-state index contributed by atoms with van der Waals surface area (Å²) in [5.41, 5.74) is 2.41. The van der Waals surface area contributed by atoms with Gasteiger partial charge in [-0.25, -0.2) is 0 Å². The summed E-state index contributed by atoms with van der Waals surface area (Å²) >= 11 is 0. The molecule has 23 heavy (non-hydrogen) atoms. The molecule has 0 aromatic heterocycles. The quantitative estimate of drug-likeness (QED) is 0.640. The van der Waals surface area contributed by atoms with Gasteiger partial charge in [0.05, 0.1) is 5.97 Å². The van der Waals surface area contributed by atoms with E-state index in [-0.39, 0.29) is 16.5 Å². The summed E-state index contributed by atoms with van der Waals surface area (Å²) in [6.07, 6.45) is 3.67. The molecule has 0 N–H and O–H groups in total. The van der Waals surface area contributed by atoms with Crippen molar-refractivity contribution < 1.29 is 9.90 Å². The fraction of sp³-hybridized carbons (Fsp3) is 0.0500. The first-order valence-corrected chi connectivity index (χ1v) is 6.73. The van der Waals surface area contributed by atoms with Gasteiger partial charge >= 0.3 is 0 Å². The van der Waals surface area contributed by atoms with Crippen LogP contribution in [0.15, 0.2) is 86.0 Å².